The predicted octanol–water partition coefficient (Wildman–Crippen LogP) is 3.95. The van der Waals surface area contributed by atoms with E-state index in [4.69, 9.17) is 0 Å². The van der Waals surface area contributed by atoms with Crippen LogP contribution >= 0.6 is 0 Å². The molecule has 0 aliphatic carbocycles. The van der Waals surface area contributed by atoms with Gasteiger partial charge in [0.15, 0.2) is 0 Å². The summed E-state index contributed by atoms with van der Waals surface area (Å²) in [4.78, 5) is 0. The number of benzene rings is 1. The second-order valence-electron chi connectivity index (χ2n) is 6.12. The highest BCUT2D eigenvalue weighted by Gasteiger charge is 2.22. The van der Waals surface area contributed by atoms with Crippen LogP contribution in [-0.4, -0.2) is 18.1 Å². The molecule has 1 unspecified atom stereocenters. The minimum Gasteiger partial charge on any atom is -0.384 e. The van der Waals surface area contributed by atoms with Gasteiger partial charge in [-0.15, -0.1) is 0 Å². The van der Waals surface area contributed by atoms with Crippen molar-refractivity contribution in [1.82, 2.24) is 9.29 Å². The number of para-hydroxylation sites is 1. The van der Waals surface area contributed by atoms with Crippen LogP contribution in [0.4, 0.5) is 0 Å². The van der Waals surface area contributed by atoms with Gasteiger partial charge in [-0.1, -0.05) is 44.0 Å². The predicted molar refractivity (Wildman–Crippen MR) is 94.9 cm³/mol. The second kappa shape index (κ2) is 6.79. The van der Waals surface area contributed by atoms with Gasteiger partial charge >= 0.3 is 0 Å². The smallest absolute Gasteiger partial charge is 0.238 e. The van der Waals surface area contributed by atoms with Crippen LogP contribution in [0.5, 0.6) is 0 Å². The van der Waals surface area contributed by atoms with Gasteiger partial charge in [-0.3, -0.25) is 0 Å². The lowest BCUT2D eigenvalue weighted by Gasteiger charge is -2.19. The van der Waals surface area contributed by atoms with Crippen LogP contribution < -0.4 is 5.32 Å². The Morgan fingerprint density at radius 3 is 2.83 bits per heavy atom. The van der Waals surface area contributed by atoms with Crippen LogP contribution in [0.3, 0.4) is 0 Å². The van der Waals surface area contributed by atoms with Crippen molar-refractivity contribution in [3.63, 3.8) is 0 Å². The summed E-state index contributed by atoms with van der Waals surface area (Å²) in [6.45, 7) is 2.08. The Labute approximate surface area is 138 Å². The molecule has 0 saturated heterocycles. The van der Waals surface area contributed by atoms with Gasteiger partial charge in [-0.2, -0.15) is 0 Å². The molecule has 1 N–H and O–H groups in total. The fourth-order valence-corrected chi connectivity index (χ4v) is 4.67. The SMILES string of the molecule is CCCCCS(=O)(=O)n1cc(C2CCC=CN2)c2ccccc21. The molecule has 23 heavy (non-hydrogen) atoms. The van der Waals surface area contributed by atoms with E-state index in [1.54, 1.807) is 0 Å². The molecule has 0 radical (unpaired) electrons. The summed E-state index contributed by atoms with van der Waals surface area (Å²) in [5.41, 5.74) is 1.86. The van der Waals surface area contributed by atoms with E-state index in [0.717, 1.165) is 42.1 Å². The van der Waals surface area contributed by atoms with E-state index in [0.29, 0.717) is 6.42 Å². The highest BCUT2D eigenvalue weighted by Crippen LogP contribution is 2.31. The molecule has 2 aromatic rings. The minimum absolute atomic E-state index is 0.178. The molecule has 1 aromatic carbocycles. The number of nitrogens with zero attached hydrogens (tertiary/aromatic N) is 1. The lowest BCUT2D eigenvalue weighted by atomic mass is 10.00. The zero-order valence-corrected chi connectivity index (χ0v) is 14.3. The van der Waals surface area contributed by atoms with Crippen molar-refractivity contribution in [2.24, 2.45) is 0 Å². The molecule has 0 spiro atoms. The molecule has 1 aliphatic rings. The quantitative estimate of drug-likeness (QED) is 0.815. The van der Waals surface area contributed by atoms with Crippen molar-refractivity contribution in [2.75, 3.05) is 5.75 Å². The third-order valence-electron chi connectivity index (χ3n) is 4.43. The Hall–Kier alpha value is -1.75. The Bertz CT molecular complexity index is 806. The average Bonchev–Trinajstić information content (AvgIpc) is 2.96. The second-order valence-corrected chi connectivity index (χ2v) is 8.08. The number of aromatic nitrogens is 1. The highest BCUT2D eigenvalue weighted by molar-refractivity contribution is 7.90. The normalized spacial score (nSPS) is 18.2. The molecule has 5 heteroatoms. The monoisotopic (exact) mass is 332 g/mol. The van der Waals surface area contributed by atoms with Crippen LogP contribution in [0.15, 0.2) is 42.7 Å². The standard InChI is InChI=1S/C18H24N2O2S/c1-2-3-8-13-23(21,22)20-14-16(17-10-6-7-12-19-17)15-9-4-5-11-18(15)20/h4-5,7,9,11-12,14,17,19H,2-3,6,8,10,13H2,1H3. The minimum atomic E-state index is -3.31. The zero-order chi connectivity index (χ0) is 16.3. The van der Waals surface area contributed by atoms with Gasteiger partial charge in [0.2, 0.25) is 10.0 Å². The van der Waals surface area contributed by atoms with E-state index in [1.807, 2.05) is 36.7 Å². The van der Waals surface area contributed by atoms with E-state index in [2.05, 4.69) is 18.3 Å². The van der Waals surface area contributed by atoms with Crippen LogP contribution in [-0.2, 0) is 10.0 Å². The average molecular weight is 332 g/mol. The Balaban J connectivity index is 2.02. The van der Waals surface area contributed by atoms with Gasteiger partial charge in [0, 0.05) is 17.1 Å². The Kier molecular flexibility index (Phi) is 4.76. The van der Waals surface area contributed by atoms with Gasteiger partial charge in [0.05, 0.1) is 17.3 Å². The van der Waals surface area contributed by atoms with Gasteiger partial charge in [-0.25, -0.2) is 12.4 Å². The van der Waals surface area contributed by atoms with E-state index < -0.39 is 10.0 Å². The first-order valence-electron chi connectivity index (χ1n) is 8.38. The van der Waals surface area contributed by atoms with Gasteiger partial charge in [0.25, 0.3) is 0 Å². The molecule has 1 atom stereocenters. The lowest BCUT2D eigenvalue weighted by Crippen LogP contribution is -2.18. The molecule has 1 aromatic heterocycles. The molecule has 1 aliphatic heterocycles. The summed E-state index contributed by atoms with van der Waals surface area (Å²) in [5.74, 6) is 0.205. The molecular formula is C18H24N2O2S. The van der Waals surface area contributed by atoms with Crippen molar-refractivity contribution in [3.8, 4) is 0 Å². The number of allylic oxidation sites excluding steroid dienone is 1. The molecule has 0 saturated carbocycles. The molecule has 0 fully saturated rings. The number of nitrogens with one attached hydrogen (secondary N) is 1. The summed E-state index contributed by atoms with van der Waals surface area (Å²) in [6, 6.07) is 7.96. The largest absolute Gasteiger partial charge is 0.384 e. The number of fused-ring (bicyclic) bond motifs is 1. The molecule has 124 valence electrons. The molecule has 0 amide bonds. The van der Waals surface area contributed by atoms with Crippen molar-refractivity contribution < 1.29 is 8.42 Å². The first-order chi connectivity index (χ1) is 11.1. The van der Waals surface area contributed by atoms with Gasteiger partial charge in [-0.05, 0) is 31.5 Å². The summed E-state index contributed by atoms with van der Waals surface area (Å²) >= 11 is 0. The summed E-state index contributed by atoms with van der Waals surface area (Å²) < 4.78 is 27.0. The summed E-state index contributed by atoms with van der Waals surface area (Å²) in [6.07, 6.45) is 10.6. The Morgan fingerprint density at radius 1 is 1.26 bits per heavy atom. The molecule has 0 bridgehead atoms. The van der Waals surface area contributed by atoms with Crippen molar-refractivity contribution in [2.45, 2.75) is 45.1 Å². The lowest BCUT2D eigenvalue weighted by molar-refractivity contribution is 0.555. The first kappa shape index (κ1) is 16.1. The number of hydrogen-bond donors (Lipinski definition) is 1. The molecule has 2 heterocycles. The van der Waals surface area contributed by atoms with Crippen molar-refractivity contribution in [1.29, 1.82) is 0 Å². The fourth-order valence-electron chi connectivity index (χ4n) is 3.18. The van der Waals surface area contributed by atoms with Gasteiger partial charge in [0.1, 0.15) is 0 Å². The van der Waals surface area contributed by atoms with Crippen LogP contribution in [0.1, 0.15) is 50.6 Å². The first-order valence-corrected chi connectivity index (χ1v) is 9.98. The fraction of sp³-hybridized carbons (Fsp3) is 0.444. The van der Waals surface area contributed by atoms with Crippen LogP contribution in [0, 0.1) is 0 Å². The van der Waals surface area contributed by atoms with E-state index in [9.17, 15) is 8.42 Å². The van der Waals surface area contributed by atoms with E-state index >= 15 is 0 Å². The maximum absolute atomic E-state index is 12.7. The third kappa shape index (κ3) is 3.29. The third-order valence-corrected chi connectivity index (χ3v) is 6.13. The zero-order valence-electron chi connectivity index (χ0n) is 13.5. The summed E-state index contributed by atoms with van der Waals surface area (Å²) in [7, 11) is -3.31. The molecular weight excluding hydrogens is 308 g/mol. The maximum atomic E-state index is 12.7. The highest BCUT2D eigenvalue weighted by atomic mass is 32.2. The number of hydrogen-bond acceptors (Lipinski definition) is 3. The Morgan fingerprint density at radius 2 is 2.09 bits per heavy atom. The van der Waals surface area contributed by atoms with Crippen molar-refractivity contribution >= 4 is 20.9 Å². The maximum Gasteiger partial charge on any atom is 0.238 e. The van der Waals surface area contributed by atoms with Crippen LogP contribution in [0.25, 0.3) is 10.9 Å². The topological polar surface area (TPSA) is 51.1 Å². The van der Waals surface area contributed by atoms with E-state index in [1.165, 1.54) is 3.97 Å². The molecule has 4 nitrogen and oxygen atoms in total. The number of unbranched alkanes of at least 4 members (excludes halogenated alkanes) is 2. The number of rotatable bonds is 6. The summed E-state index contributed by atoms with van der Waals surface area (Å²) in [5, 5.41) is 4.38. The molecule has 3 rings (SSSR count). The van der Waals surface area contributed by atoms with Gasteiger partial charge < -0.3 is 5.32 Å². The van der Waals surface area contributed by atoms with E-state index in [-0.39, 0.29) is 11.8 Å². The van der Waals surface area contributed by atoms with Crippen molar-refractivity contribution in [3.05, 3.63) is 48.3 Å². The van der Waals surface area contributed by atoms with Crippen LogP contribution in [0.2, 0.25) is 0 Å².